The monoisotopic (exact) mass is 361 g/mol. The Morgan fingerprint density at radius 3 is 2.58 bits per heavy atom. The van der Waals surface area contributed by atoms with Gasteiger partial charge in [0.1, 0.15) is 10.7 Å². The molecule has 7 heteroatoms. The third-order valence-corrected chi connectivity index (χ3v) is 3.47. The predicted octanol–water partition coefficient (Wildman–Crippen LogP) is 4.27. The van der Waals surface area contributed by atoms with Crippen molar-refractivity contribution in [2.75, 3.05) is 5.73 Å². The van der Waals surface area contributed by atoms with Crippen LogP contribution >= 0.6 is 39.1 Å². The van der Waals surface area contributed by atoms with E-state index in [0.29, 0.717) is 20.2 Å². The van der Waals surface area contributed by atoms with Gasteiger partial charge in [-0.25, -0.2) is 9.97 Å². The summed E-state index contributed by atoms with van der Waals surface area (Å²) in [5.41, 5.74) is 6.39. The molecule has 0 fully saturated rings. The van der Waals surface area contributed by atoms with Crippen LogP contribution in [0.4, 0.5) is 5.82 Å². The molecule has 4 nitrogen and oxygen atoms in total. The second kappa shape index (κ2) is 5.94. The highest BCUT2D eigenvalue weighted by Crippen LogP contribution is 2.33. The molecule has 1 aromatic heterocycles. The Morgan fingerprint density at radius 1 is 1.32 bits per heavy atom. The number of halogens is 3. The minimum atomic E-state index is -0.396. The largest absolute Gasteiger partial charge is 0.467 e. The average Bonchev–Trinajstić information content (AvgIpc) is 2.33. The SMILES string of the molecule is CC(Oc1nc(Br)cnc1N)c1c(Cl)cccc1Cl. The lowest BCUT2D eigenvalue weighted by Crippen LogP contribution is -2.08. The third kappa shape index (κ3) is 3.29. The van der Waals surface area contributed by atoms with Crippen LogP contribution in [0.25, 0.3) is 0 Å². The first-order valence-electron chi connectivity index (χ1n) is 5.37. The van der Waals surface area contributed by atoms with Crippen molar-refractivity contribution in [1.82, 2.24) is 9.97 Å². The first kappa shape index (κ1) is 14.4. The molecule has 0 spiro atoms. The van der Waals surface area contributed by atoms with Gasteiger partial charge < -0.3 is 10.5 Å². The summed E-state index contributed by atoms with van der Waals surface area (Å²) < 4.78 is 6.21. The van der Waals surface area contributed by atoms with E-state index in [4.69, 9.17) is 33.7 Å². The van der Waals surface area contributed by atoms with Crippen molar-refractivity contribution in [3.63, 3.8) is 0 Å². The number of hydrogen-bond acceptors (Lipinski definition) is 4. The van der Waals surface area contributed by atoms with Gasteiger partial charge in [-0.3, -0.25) is 0 Å². The number of nitrogen functional groups attached to an aromatic ring is 1. The molecule has 2 aromatic rings. The summed E-state index contributed by atoms with van der Waals surface area (Å²) in [6, 6.07) is 5.27. The molecule has 0 amide bonds. The van der Waals surface area contributed by atoms with Crippen LogP contribution in [0.15, 0.2) is 29.0 Å². The van der Waals surface area contributed by atoms with Gasteiger partial charge in [0.25, 0.3) is 5.88 Å². The van der Waals surface area contributed by atoms with Crippen molar-refractivity contribution >= 4 is 44.9 Å². The molecule has 0 saturated carbocycles. The molecule has 1 unspecified atom stereocenters. The Kier molecular flexibility index (Phi) is 4.50. The van der Waals surface area contributed by atoms with E-state index in [0.717, 1.165) is 0 Å². The minimum Gasteiger partial charge on any atom is -0.467 e. The Labute approximate surface area is 129 Å². The van der Waals surface area contributed by atoms with Gasteiger partial charge in [0.05, 0.1) is 6.20 Å². The van der Waals surface area contributed by atoms with Crippen LogP contribution < -0.4 is 10.5 Å². The van der Waals surface area contributed by atoms with Crippen molar-refractivity contribution in [2.45, 2.75) is 13.0 Å². The van der Waals surface area contributed by atoms with Gasteiger partial charge in [-0.2, -0.15) is 0 Å². The zero-order chi connectivity index (χ0) is 14.0. The fraction of sp³-hybridized carbons (Fsp3) is 0.167. The molecule has 0 bridgehead atoms. The molecule has 1 aromatic carbocycles. The van der Waals surface area contributed by atoms with Crippen LogP contribution in [0.1, 0.15) is 18.6 Å². The zero-order valence-corrected chi connectivity index (χ0v) is 13.0. The van der Waals surface area contributed by atoms with Gasteiger partial charge in [-0.1, -0.05) is 29.3 Å². The summed E-state index contributed by atoms with van der Waals surface area (Å²) in [6.45, 7) is 1.81. The van der Waals surface area contributed by atoms with E-state index in [1.165, 1.54) is 6.20 Å². The topological polar surface area (TPSA) is 61.0 Å². The maximum atomic E-state index is 6.12. The number of rotatable bonds is 3. The summed E-state index contributed by atoms with van der Waals surface area (Å²) in [5.74, 6) is 0.441. The van der Waals surface area contributed by atoms with Crippen LogP contribution in [0.3, 0.4) is 0 Å². The predicted molar refractivity (Wildman–Crippen MR) is 79.6 cm³/mol. The molecule has 0 aliphatic rings. The lowest BCUT2D eigenvalue weighted by Gasteiger charge is -2.17. The lowest BCUT2D eigenvalue weighted by molar-refractivity contribution is 0.218. The highest BCUT2D eigenvalue weighted by atomic mass is 79.9. The van der Waals surface area contributed by atoms with E-state index >= 15 is 0 Å². The standard InChI is InChI=1S/C12H10BrCl2N3O/c1-6(10-7(14)3-2-4-8(10)15)19-12-11(16)17-5-9(13)18-12/h2-6H,1H3,(H2,16,17). The van der Waals surface area contributed by atoms with Crippen molar-refractivity contribution in [2.24, 2.45) is 0 Å². The molecule has 1 heterocycles. The summed E-state index contributed by atoms with van der Waals surface area (Å²) in [4.78, 5) is 8.07. The van der Waals surface area contributed by atoms with Gasteiger partial charge in [-0.15, -0.1) is 0 Å². The highest BCUT2D eigenvalue weighted by molar-refractivity contribution is 9.10. The van der Waals surface area contributed by atoms with Crippen molar-refractivity contribution in [3.05, 3.63) is 44.6 Å². The number of nitrogens with two attached hydrogens (primary N) is 1. The van der Waals surface area contributed by atoms with E-state index in [1.807, 2.05) is 6.92 Å². The zero-order valence-electron chi connectivity index (χ0n) is 9.90. The fourth-order valence-corrected chi connectivity index (χ4v) is 2.54. The van der Waals surface area contributed by atoms with E-state index in [-0.39, 0.29) is 11.7 Å². The van der Waals surface area contributed by atoms with Crippen molar-refractivity contribution < 1.29 is 4.74 Å². The van der Waals surface area contributed by atoms with Crippen molar-refractivity contribution in [3.8, 4) is 5.88 Å². The molecule has 0 saturated heterocycles. The summed E-state index contributed by atoms with van der Waals surface area (Å²) in [6.07, 6.45) is 1.10. The maximum absolute atomic E-state index is 6.12. The van der Waals surface area contributed by atoms with Gasteiger partial charge in [0.15, 0.2) is 5.82 Å². The molecule has 0 aliphatic heterocycles. The Morgan fingerprint density at radius 2 is 1.95 bits per heavy atom. The van der Waals surface area contributed by atoms with E-state index in [1.54, 1.807) is 18.2 Å². The van der Waals surface area contributed by atoms with Crippen LogP contribution in [-0.4, -0.2) is 9.97 Å². The fourth-order valence-electron chi connectivity index (χ4n) is 1.57. The molecule has 2 N–H and O–H groups in total. The third-order valence-electron chi connectivity index (χ3n) is 2.43. The number of hydrogen-bond donors (Lipinski definition) is 1. The minimum absolute atomic E-state index is 0.207. The Balaban J connectivity index is 2.31. The van der Waals surface area contributed by atoms with Gasteiger partial charge in [0.2, 0.25) is 0 Å². The first-order valence-corrected chi connectivity index (χ1v) is 6.92. The summed E-state index contributed by atoms with van der Waals surface area (Å²) >= 11 is 15.5. The normalized spacial score (nSPS) is 12.2. The molecular formula is C12H10BrCl2N3O. The Bertz CT molecular complexity index is 589. The highest BCUT2D eigenvalue weighted by Gasteiger charge is 2.17. The van der Waals surface area contributed by atoms with Gasteiger partial charge in [-0.05, 0) is 35.0 Å². The first-order chi connectivity index (χ1) is 8.99. The Hall–Kier alpha value is -1.04. The summed E-state index contributed by atoms with van der Waals surface area (Å²) in [7, 11) is 0. The molecule has 2 rings (SSSR count). The maximum Gasteiger partial charge on any atom is 0.258 e. The summed E-state index contributed by atoms with van der Waals surface area (Å²) in [5, 5.41) is 1.06. The molecule has 0 aliphatic carbocycles. The van der Waals surface area contributed by atoms with E-state index < -0.39 is 6.10 Å². The van der Waals surface area contributed by atoms with Crippen LogP contribution in [0, 0.1) is 0 Å². The molecular weight excluding hydrogens is 353 g/mol. The number of benzene rings is 1. The number of anilines is 1. The molecule has 1 atom stereocenters. The van der Waals surface area contributed by atoms with E-state index in [2.05, 4.69) is 25.9 Å². The van der Waals surface area contributed by atoms with Gasteiger partial charge in [0, 0.05) is 15.6 Å². The van der Waals surface area contributed by atoms with E-state index in [9.17, 15) is 0 Å². The number of nitrogens with zero attached hydrogens (tertiary/aromatic N) is 2. The van der Waals surface area contributed by atoms with Gasteiger partial charge >= 0.3 is 0 Å². The quantitative estimate of drug-likeness (QED) is 0.885. The van der Waals surface area contributed by atoms with Crippen LogP contribution in [-0.2, 0) is 0 Å². The molecule has 100 valence electrons. The number of aromatic nitrogens is 2. The second-order valence-electron chi connectivity index (χ2n) is 3.78. The lowest BCUT2D eigenvalue weighted by atomic mass is 10.1. The second-order valence-corrected chi connectivity index (χ2v) is 5.41. The average molecular weight is 363 g/mol. The van der Waals surface area contributed by atoms with Crippen LogP contribution in [0.5, 0.6) is 5.88 Å². The van der Waals surface area contributed by atoms with Crippen molar-refractivity contribution in [1.29, 1.82) is 0 Å². The molecule has 0 radical (unpaired) electrons. The smallest absolute Gasteiger partial charge is 0.258 e. The molecule has 19 heavy (non-hydrogen) atoms. The van der Waals surface area contributed by atoms with Crippen LogP contribution in [0.2, 0.25) is 10.0 Å². The number of ether oxygens (including phenoxy) is 1.